The van der Waals surface area contributed by atoms with Crippen molar-refractivity contribution in [3.63, 3.8) is 0 Å². The van der Waals surface area contributed by atoms with Crippen LogP contribution in [0.15, 0.2) is 30.5 Å². The highest BCUT2D eigenvalue weighted by molar-refractivity contribution is 7.14. The summed E-state index contributed by atoms with van der Waals surface area (Å²) in [7, 11) is 0. The molecule has 2 amide bonds. The van der Waals surface area contributed by atoms with E-state index in [1.165, 1.54) is 0 Å². The minimum atomic E-state index is -0.531. The first kappa shape index (κ1) is 10.1. The lowest BCUT2D eigenvalue weighted by Crippen LogP contribution is -2.29. The van der Waals surface area contributed by atoms with Gasteiger partial charge in [0.1, 0.15) is 0 Å². The maximum absolute atomic E-state index is 12.9. The highest BCUT2D eigenvalue weighted by Crippen LogP contribution is 2.30. The predicted octanol–water partition coefficient (Wildman–Crippen LogP) is 2.08. The van der Waals surface area contributed by atoms with Crippen molar-refractivity contribution < 1.29 is 14.0 Å². The summed E-state index contributed by atoms with van der Waals surface area (Å²) in [4.78, 5) is 28.5. The number of amides is 2. The van der Waals surface area contributed by atoms with Crippen LogP contribution in [0.3, 0.4) is 0 Å². The van der Waals surface area contributed by atoms with Gasteiger partial charge in [-0.25, -0.2) is 9.88 Å². The molecule has 0 radical (unpaired) electrons. The summed E-state index contributed by atoms with van der Waals surface area (Å²) >= 11 is 0.670. The van der Waals surface area contributed by atoms with Crippen LogP contribution in [0.4, 0.5) is 9.52 Å². The fraction of sp³-hybridized carbons (Fsp3) is 0. The Morgan fingerprint density at radius 3 is 2.18 bits per heavy atom. The molecule has 0 fully saturated rings. The maximum Gasteiger partial charge on any atom is 0.268 e. The van der Waals surface area contributed by atoms with Crippen molar-refractivity contribution in [3.05, 3.63) is 46.7 Å². The van der Waals surface area contributed by atoms with Gasteiger partial charge in [0.2, 0.25) is 5.13 Å². The van der Waals surface area contributed by atoms with Crippen LogP contribution in [-0.2, 0) is 0 Å². The number of benzene rings is 1. The van der Waals surface area contributed by atoms with Gasteiger partial charge in [-0.2, -0.15) is 4.39 Å². The van der Waals surface area contributed by atoms with E-state index in [4.69, 9.17) is 0 Å². The number of hydrogen-bond donors (Lipinski definition) is 0. The summed E-state index contributed by atoms with van der Waals surface area (Å²) in [6, 6.07) is 6.49. The van der Waals surface area contributed by atoms with Crippen LogP contribution in [0.1, 0.15) is 20.7 Å². The number of anilines is 1. The smallest absolute Gasteiger partial charge is 0.268 e. The number of imide groups is 1. The standard InChI is InChI=1S/C11H5FN2O2S/c12-8-5-13-11(17-8)14-9(15)6-3-1-2-4-7(6)10(14)16/h1-5H. The van der Waals surface area contributed by atoms with Crippen LogP contribution < -0.4 is 4.90 Å². The number of thiazole rings is 1. The molecule has 1 aromatic heterocycles. The molecule has 3 rings (SSSR count). The Morgan fingerprint density at radius 2 is 1.71 bits per heavy atom. The molecule has 0 atom stereocenters. The number of halogens is 1. The van der Waals surface area contributed by atoms with E-state index in [9.17, 15) is 14.0 Å². The Morgan fingerprint density at radius 1 is 1.12 bits per heavy atom. The minimum absolute atomic E-state index is 0.0636. The van der Waals surface area contributed by atoms with Gasteiger partial charge in [0.25, 0.3) is 11.8 Å². The Bertz CT molecular complexity index is 603. The molecule has 4 nitrogen and oxygen atoms in total. The van der Waals surface area contributed by atoms with Crippen molar-refractivity contribution >= 4 is 28.3 Å². The molecule has 0 saturated heterocycles. The predicted molar refractivity (Wildman–Crippen MR) is 59.7 cm³/mol. The average molecular weight is 248 g/mol. The second-order valence-corrected chi connectivity index (χ2v) is 4.40. The van der Waals surface area contributed by atoms with Gasteiger partial charge in [-0.3, -0.25) is 9.59 Å². The zero-order chi connectivity index (χ0) is 12.0. The number of fused-ring (bicyclic) bond motifs is 1. The number of rotatable bonds is 1. The molecule has 1 aliphatic heterocycles. The van der Waals surface area contributed by atoms with Gasteiger partial charge >= 0.3 is 0 Å². The molecule has 0 unspecified atom stereocenters. The Labute approximate surface area is 99.3 Å². The number of aromatic nitrogens is 1. The average Bonchev–Trinajstić information content (AvgIpc) is 2.84. The second kappa shape index (κ2) is 3.46. The van der Waals surface area contributed by atoms with Crippen molar-refractivity contribution in [2.75, 3.05) is 4.90 Å². The first-order chi connectivity index (χ1) is 8.18. The largest absolute Gasteiger partial charge is 0.268 e. The molecule has 17 heavy (non-hydrogen) atoms. The maximum atomic E-state index is 12.9. The van der Waals surface area contributed by atoms with Crippen LogP contribution in [0.25, 0.3) is 0 Å². The van der Waals surface area contributed by atoms with E-state index in [1.807, 2.05) is 0 Å². The van der Waals surface area contributed by atoms with Crippen LogP contribution in [0.5, 0.6) is 0 Å². The van der Waals surface area contributed by atoms with E-state index >= 15 is 0 Å². The highest BCUT2D eigenvalue weighted by Gasteiger charge is 2.37. The van der Waals surface area contributed by atoms with Gasteiger partial charge in [-0.15, -0.1) is 0 Å². The number of hydrogen-bond acceptors (Lipinski definition) is 4. The van der Waals surface area contributed by atoms with Crippen molar-refractivity contribution in [3.8, 4) is 0 Å². The van der Waals surface area contributed by atoms with Gasteiger partial charge in [0, 0.05) is 0 Å². The third-order valence-corrected chi connectivity index (χ3v) is 3.22. The SMILES string of the molecule is O=C1c2ccccc2C(=O)N1c1ncc(F)s1. The Balaban J connectivity index is 2.12. The lowest BCUT2D eigenvalue weighted by molar-refractivity contribution is 0.0926. The van der Waals surface area contributed by atoms with Crippen molar-refractivity contribution in [2.24, 2.45) is 0 Å². The molecular weight excluding hydrogens is 243 g/mol. The highest BCUT2D eigenvalue weighted by atomic mass is 32.1. The molecular formula is C11H5FN2O2S. The first-order valence-electron chi connectivity index (χ1n) is 4.77. The summed E-state index contributed by atoms with van der Waals surface area (Å²) in [6.07, 6.45) is 0.990. The van der Waals surface area contributed by atoms with Gasteiger partial charge in [0.05, 0.1) is 17.3 Å². The molecule has 2 heterocycles. The molecule has 0 saturated carbocycles. The summed E-state index contributed by atoms with van der Waals surface area (Å²) in [5, 5.41) is -0.467. The molecule has 0 bridgehead atoms. The van der Waals surface area contributed by atoms with E-state index < -0.39 is 16.9 Å². The third-order valence-electron chi connectivity index (χ3n) is 2.45. The summed E-state index contributed by atoms with van der Waals surface area (Å²) < 4.78 is 12.9. The number of carbonyl (C=O) groups is 2. The lowest BCUT2D eigenvalue weighted by Gasteiger charge is -2.08. The van der Waals surface area contributed by atoms with Crippen molar-refractivity contribution in [1.82, 2.24) is 4.98 Å². The molecule has 6 heteroatoms. The summed E-state index contributed by atoms with van der Waals surface area (Å²) in [5.74, 6) is -0.917. The van der Waals surface area contributed by atoms with Gasteiger partial charge in [-0.1, -0.05) is 23.5 Å². The monoisotopic (exact) mass is 248 g/mol. The van der Waals surface area contributed by atoms with Crippen molar-refractivity contribution in [2.45, 2.75) is 0 Å². The molecule has 2 aromatic rings. The molecule has 1 aliphatic rings. The van der Waals surface area contributed by atoms with Gasteiger partial charge < -0.3 is 0 Å². The summed E-state index contributed by atoms with van der Waals surface area (Å²) in [5.41, 5.74) is 0.654. The van der Waals surface area contributed by atoms with Crippen LogP contribution in [0, 0.1) is 5.13 Å². The molecule has 84 valence electrons. The number of carbonyl (C=O) groups excluding carboxylic acids is 2. The van der Waals surface area contributed by atoms with E-state index in [2.05, 4.69) is 4.98 Å². The van der Waals surface area contributed by atoms with Gasteiger partial charge in [0.15, 0.2) is 5.13 Å². The van der Waals surface area contributed by atoms with E-state index in [-0.39, 0.29) is 5.13 Å². The van der Waals surface area contributed by atoms with E-state index in [0.717, 1.165) is 11.1 Å². The fourth-order valence-electron chi connectivity index (χ4n) is 1.71. The fourth-order valence-corrected chi connectivity index (χ4v) is 2.35. The number of nitrogens with zero attached hydrogens (tertiary/aromatic N) is 2. The Hall–Kier alpha value is -2.08. The van der Waals surface area contributed by atoms with Crippen LogP contribution in [0.2, 0.25) is 0 Å². The zero-order valence-electron chi connectivity index (χ0n) is 8.38. The minimum Gasteiger partial charge on any atom is -0.268 e. The second-order valence-electron chi connectivity index (χ2n) is 3.44. The lowest BCUT2D eigenvalue weighted by atomic mass is 10.1. The van der Waals surface area contributed by atoms with E-state index in [0.29, 0.717) is 22.5 Å². The van der Waals surface area contributed by atoms with E-state index in [1.54, 1.807) is 24.3 Å². The third kappa shape index (κ3) is 1.38. The van der Waals surface area contributed by atoms with Crippen LogP contribution >= 0.6 is 11.3 Å². The Kier molecular flexibility index (Phi) is 2.05. The molecule has 1 aromatic carbocycles. The zero-order valence-corrected chi connectivity index (χ0v) is 9.20. The molecule has 0 aliphatic carbocycles. The topological polar surface area (TPSA) is 50.3 Å². The normalized spacial score (nSPS) is 14.3. The summed E-state index contributed by atoms with van der Waals surface area (Å²) in [6.45, 7) is 0. The van der Waals surface area contributed by atoms with Crippen molar-refractivity contribution in [1.29, 1.82) is 0 Å². The van der Waals surface area contributed by atoms with Crippen LogP contribution in [-0.4, -0.2) is 16.8 Å². The molecule has 0 N–H and O–H groups in total. The van der Waals surface area contributed by atoms with Gasteiger partial charge in [-0.05, 0) is 12.1 Å². The first-order valence-corrected chi connectivity index (χ1v) is 5.59. The quantitative estimate of drug-likeness (QED) is 0.726. The molecule has 0 spiro atoms.